The van der Waals surface area contributed by atoms with Crippen LogP contribution in [0.15, 0.2) is 24.5 Å². The number of pyridine rings is 1. The molecular formula is C9H9ClN2O. The molecule has 1 heterocycles. The molecule has 0 fully saturated rings. The zero-order chi connectivity index (χ0) is 9.68. The topological polar surface area (TPSA) is 56.0 Å². The zero-order valence-electron chi connectivity index (χ0n) is 6.90. The van der Waals surface area contributed by atoms with Crippen molar-refractivity contribution in [1.29, 1.82) is 0 Å². The van der Waals surface area contributed by atoms with Crippen LogP contribution in [0, 0.1) is 0 Å². The maximum atomic E-state index is 10.4. The van der Waals surface area contributed by atoms with E-state index >= 15 is 0 Å². The summed E-state index contributed by atoms with van der Waals surface area (Å²) in [4.78, 5) is 14.3. The number of halogens is 1. The lowest BCUT2D eigenvalue weighted by Crippen LogP contribution is -2.07. The molecule has 1 rings (SSSR count). The molecule has 0 bridgehead atoms. The Morgan fingerprint density at radius 2 is 2.38 bits per heavy atom. The molecule has 4 heteroatoms. The van der Waals surface area contributed by atoms with Gasteiger partial charge >= 0.3 is 0 Å². The molecule has 2 N–H and O–H groups in total. The Kier molecular flexibility index (Phi) is 3.46. The minimum Gasteiger partial charge on any atom is -0.369 e. The molecule has 0 saturated carbocycles. The van der Waals surface area contributed by atoms with Gasteiger partial charge in [-0.1, -0.05) is 23.8 Å². The van der Waals surface area contributed by atoms with E-state index in [1.807, 2.05) is 0 Å². The molecule has 1 amide bonds. The molecular weight excluding hydrogens is 188 g/mol. The van der Waals surface area contributed by atoms with Crippen molar-refractivity contribution in [1.82, 2.24) is 4.98 Å². The van der Waals surface area contributed by atoms with Crippen LogP contribution in [0.25, 0.3) is 6.08 Å². The lowest BCUT2D eigenvalue weighted by atomic mass is 10.2. The molecule has 13 heavy (non-hydrogen) atoms. The molecule has 0 aliphatic heterocycles. The number of rotatable bonds is 3. The Morgan fingerprint density at radius 3 is 3.00 bits per heavy atom. The summed E-state index contributed by atoms with van der Waals surface area (Å²) in [5.74, 6) is -0.355. The van der Waals surface area contributed by atoms with E-state index < -0.39 is 0 Å². The molecule has 0 aliphatic carbocycles. The molecule has 0 saturated heterocycles. The standard InChI is InChI=1S/C9H9ClN2O/c10-8-4-7(5-12-6-8)2-1-3-9(11)13/h1-2,4-6H,3H2,(H2,11,13). The third kappa shape index (κ3) is 3.71. The van der Waals surface area contributed by atoms with Gasteiger partial charge < -0.3 is 5.73 Å². The molecule has 3 nitrogen and oxygen atoms in total. The summed E-state index contributed by atoms with van der Waals surface area (Å²) in [5.41, 5.74) is 5.81. The molecule has 0 spiro atoms. The predicted molar refractivity (Wildman–Crippen MR) is 52.1 cm³/mol. The quantitative estimate of drug-likeness (QED) is 0.799. The van der Waals surface area contributed by atoms with Crippen molar-refractivity contribution >= 4 is 23.6 Å². The summed E-state index contributed by atoms with van der Waals surface area (Å²) in [6.07, 6.45) is 6.86. The van der Waals surface area contributed by atoms with Crippen molar-refractivity contribution in [2.24, 2.45) is 5.73 Å². The number of nitrogens with two attached hydrogens (primary N) is 1. The van der Waals surface area contributed by atoms with Gasteiger partial charge in [-0.05, 0) is 11.6 Å². The van der Waals surface area contributed by atoms with Crippen LogP contribution in [0.5, 0.6) is 0 Å². The molecule has 0 unspecified atom stereocenters. The highest BCUT2D eigenvalue weighted by molar-refractivity contribution is 6.30. The maximum Gasteiger partial charge on any atom is 0.221 e. The van der Waals surface area contributed by atoms with E-state index in [9.17, 15) is 4.79 Å². The van der Waals surface area contributed by atoms with E-state index in [-0.39, 0.29) is 12.3 Å². The Bertz CT molecular complexity index is 336. The fourth-order valence-corrected chi connectivity index (χ4v) is 1.01. The third-order valence-electron chi connectivity index (χ3n) is 1.36. The van der Waals surface area contributed by atoms with Gasteiger partial charge in [0.1, 0.15) is 0 Å². The van der Waals surface area contributed by atoms with Crippen LogP contribution in [0.2, 0.25) is 5.02 Å². The monoisotopic (exact) mass is 196 g/mol. The van der Waals surface area contributed by atoms with E-state index in [1.54, 1.807) is 30.6 Å². The zero-order valence-corrected chi connectivity index (χ0v) is 7.66. The highest BCUT2D eigenvalue weighted by Crippen LogP contribution is 2.09. The van der Waals surface area contributed by atoms with Crippen molar-refractivity contribution in [3.8, 4) is 0 Å². The van der Waals surface area contributed by atoms with Gasteiger partial charge in [0.05, 0.1) is 5.02 Å². The molecule has 0 aromatic carbocycles. The fraction of sp³-hybridized carbons (Fsp3) is 0.111. The summed E-state index contributed by atoms with van der Waals surface area (Å²) >= 11 is 5.70. The highest BCUT2D eigenvalue weighted by atomic mass is 35.5. The van der Waals surface area contributed by atoms with E-state index in [0.717, 1.165) is 5.56 Å². The summed E-state index contributed by atoms with van der Waals surface area (Å²) < 4.78 is 0. The first-order valence-corrected chi connectivity index (χ1v) is 4.11. The van der Waals surface area contributed by atoms with Crippen LogP contribution in [-0.2, 0) is 4.79 Å². The summed E-state index contributed by atoms with van der Waals surface area (Å²) in [6, 6.07) is 1.76. The normalized spacial score (nSPS) is 10.5. The van der Waals surface area contributed by atoms with Crippen molar-refractivity contribution in [2.45, 2.75) is 6.42 Å². The van der Waals surface area contributed by atoms with Crippen molar-refractivity contribution in [2.75, 3.05) is 0 Å². The van der Waals surface area contributed by atoms with Gasteiger partial charge in [-0.3, -0.25) is 9.78 Å². The number of hydrogen-bond donors (Lipinski definition) is 1. The first-order valence-electron chi connectivity index (χ1n) is 3.74. The Balaban J connectivity index is 2.63. The number of hydrogen-bond acceptors (Lipinski definition) is 2. The van der Waals surface area contributed by atoms with Gasteiger partial charge in [0.15, 0.2) is 0 Å². The summed E-state index contributed by atoms with van der Waals surface area (Å²) in [6.45, 7) is 0. The van der Waals surface area contributed by atoms with Crippen LogP contribution in [-0.4, -0.2) is 10.9 Å². The minimum atomic E-state index is -0.355. The van der Waals surface area contributed by atoms with E-state index in [0.29, 0.717) is 5.02 Å². The van der Waals surface area contributed by atoms with E-state index in [4.69, 9.17) is 17.3 Å². The maximum absolute atomic E-state index is 10.4. The van der Waals surface area contributed by atoms with Gasteiger partial charge in [-0.15, -0.1) is 0 Å². The Hall–Kier alpha value is -1.35. The van der Waals surface area contributed by atoms with E-state index in [2.05, 4.69) is 4.98 Å². The third-order valence-corrected chi connectivity index (χ3v) is 1.56. The first kappa shape index (κ1) is 9.74. The number of aromatic nitrogens is 1. The minimum absolute atomic E-state index is 0.229. The largest absolute Gasteiger partial charge is 0.369 e. The van der Waals surface area contributed by atoms with Crippen molar-refractivity contribution in [3.63, 3.8) is 0 Å². The second-order valence-electron chi connectivity index (χ2n) is 2.51. The van der Waals surface area contributed by atoms with Gasteiger partial charge in [0.25, 0.3) is 0 Å². The number of nitrogens with zero attached hydrogens (tertiary/aromatic N) is 1. The van der Waals surface area contributed by atoms with Crippen LogP contribution in [0.4, 0.5) is 0 Å². The smallest absolute Gasteiger partial charge is 0.221 e. The lowest BCUT2D eigenvalue weighted by molar-refractivity contribution is -0.117. The van der Waals surface area contributed by atoms with Gasteiger partial charge in [-0.25, -0.2) is 0 Å². The summed E-state index contributed by atoms with van der Waals surface area (Å²) in [7, 11) is 0. The number of carbonyl (C=O) groups is 1. The van der Waals surface area contributed by atoms with Crippen LogP contribution >= 0.6 is 11.6 Å². The van der Waals surface area contributed by atoms with Crippen LogP contribution in [0.3, 0.4) is 0 Å². The van der Waals surface area contributed by atoms with Crippen molar-refractivity contribution < 1.29 is 4.79 Å². The highest BCUT2D eigenvalue weighted by Gasteiger charge is 1.90. The van der Waals surface area contributed by atoms with Gasteiger partial charge in [0, 0.05) is 18.8 Å². The molecule has 0 atom stereocenters. The lowest BCUT2D eigenvalue weighted by Gasteiger charge is -1.92. The molecule has 0 radical (unpaired) electrons. The molecule has 1 aromatic rings. The van der Waals surface area contributed by atoms with Crippen LogP contribution < -0.4 is 5.73 Å². The summed E-state index contributed by atoms with van der Waals surface area (Å²) in [5, 5.41) is 0.571. The first-order chi connectivity index (χ1) is 6.18. The van der Waals surface area contributed by atoms with Gasteiger partial charge in [0.2, 0.25) is 5.91 Å². The number of amides is 1. The average Bonchev–Trinajstić information content (AvgIpc) is 2.03. The van der Waals surface area contributed by atoms with Crippen molar-refractivity contribution in [3.05, 3.63) is 35.1 Å². The Labute approximate surface area is 81.2 Å². The van der Waals surface area contributed by atoms with Crippen LogP contribution in [0.1, 0.15) is 12.0 Å². The molecule has 0 aliphatic rings. The molecule has 68 valence electrons. The van der Waals surface area contributed by atoms with E-state index in [1.165, 1.54) is 0 Å². The second kappa shape index (κ2) is 4.62. The average molecular weight is 197 g/mol. The predicted octanol–water partition coefficient (Wildman–Crippen LogP) is 1.62. The Morgan fingerprint density at radius 1 is 1.62 bits per heavy atom. The van der Waals surface area contributed by atoms with Gasteiger partial charge in [-0.2, -0.15) is 0 Å². The fourth-order valence-electron chi connectivity index (χ4n) is 0.831. The molecule has 1 aromatic heterocycles. The number of carbonyl (C=O) groups excluding carboxylic acids is 1. The number of primary amides is 1. The SMILES string of the molecule is NC(=O)CC=Cc1cncc(Cl)c1. The second-order valence-corrected chi connectivity index (χ2v) is 2.95.